The van der Waals surface area contributed by atoms with Crippen molar-refractivity contribution in [1.82, 2.24) is 20.4 Å². The molecule has 2 heterocycles. The average molecular weight is 428 g/mol. The molecule has 31 heavy (non-hydrogen) atoms. The molecule has 1 aromatic carbocycles. The van der Waals surface area contributed by atoms with Crippen molar-refractivity contribution in [3.63, 3.8) is 0 Å². The molecule has 2 N–H and O–H groups in total. The molecule has 170 valence electrons. The van der Waals surface area contributed by atoms with Crippen molar-refractivity contribution in [2.75, 3.05) is 53.9 Å². The lowest BCUT2D eigenvalue weighted by atomic mass is 10.2. The Balaban J connectivity index is 1.44. The zero-order valence-corrected chi connectivity index (χ0v) is 19.1. The number of aliphatic imine (C=N–C) groups is 1. The molecular formula is C24H37N5O2. The number of nitrogens with one attached hydrogen (secondary N) is 2. The number of hydrogen-bond donors (Lipinski definition) is 2. The van der Waals surface area contributed by atoms with Crippen LogP contribution in [0.3, 0.4) is 0 Å². The summed E-state index contributed by atoms with van der Waals surface area (Å²) in [6.45, 7) is 5.46. The quantitative estimate of drug-likeness (QED) is 0.326. The number of rotatable bonds is 11. The fraction of sp³-hybridized carbons (Fsp3) is 0.542. The second-order valence-electron chi connectivity index (χ2n) is 8.23. The molecule has 7 heteroatoms. The van der Waals surface area contributed by atoms with E-state index in [4.69, 9.17) is 9.15 Å². The maximum absolute atomic E-state index is 5.81. The highest BCUT2D eigenvalue weighted by atomic mass is 16.5. The van der Waals surface area contributed by atoms with E-state index in [1.807, 2.05) is 18.2 Å². The van der Waals surface area contributed by atoms with Gasteiger partial charge in [-0.1, -0.05) is 12.1 Å². The van der Waals surface area contributed by atoms with Gasteiger partial charge in [-0.25, -0.2) is 0 Å². The lowest BCUT2D eigenvalue weighted by molar-refractivity contribution is 0.215. The summed E-state index contributed by atoms with van der Waals surface area (Å²) in [5, 5.41) is 6.87. The molecule has 0 saturated carbocycles. The van der Waals surface area contributed by atoms with Crippen molar-refractivity contribution in [3.8, 4) is 5.75 Å². The molecule has 0 spiro atoms. The summed E-state index contributed by atoms with van der Waals surface area (Å²) in [7, 11) is 5.96. The Morgan fingerprint density at radius 2 is 1.94 bits per heavy atom. The standard InChI is InChI=1S/C24H37N5O2/c1-25-24(27-19-22(23-8-6-16-31-23)29-14-4-5-15-29)26-18-20-9-11-21(12-10-20)30-17-7-13-28(2)3/h6,8-12,16,22H,4-5,7,13-15,17-19H2,1-3H3,(H2,25,26,27). The smallest absolute Gasteiger partial charge is 0.191 e. The number of benzene rings is 1. The molecule has 0 radical (unpaired) electrons. The Hall–Kier alpha value is -2.51. The van der Waals surface area contributed by atoms with Gasteiger partial charge >= 0.3 is 0 Å². The summed E-state index contributed by atoms with van der Waals surface area (Å²) in [5.41, 5.74) is 1.19. The summed E-state index contributed by atoms with van der Waals surface area (Å²) in [6, 6.07) is 12.5. The van der Waals surface area contributed by atoms with Crippen molar-refractivity contribution < 1.29 is 9.15 Å². The number of ether oxygens (including phenoxy) is 1. The van der Waals surface area contributed by atoms with E-state index in [0.29, 0.717) is 6.54 Å². The molecule has 1 saturated heterocycles. The Kier molecular flexibility index (Phi) is 9.24. The first kappa shape index (κ1) is 23.2. The molecule has 2 aromatic rings. The molecule has 1 atom stereocenters. The molecule has 1 aromatic heterocycles. The zero-order chi connectivity index (χ0) is 21.9. The Labute approximate surface area is 186 Å². The number of likely N-dealkylation sites (tertiary alicyclic amines) is 1. The van der Waals surface area contributed by atoms with Crippen LogP contribution < -0.4 is 15.4 Å². The van der Waals surface area contributed by atoms with Gasteiger partial charge in [-0.3, -0.25) is 9.89 Å². The number of nitrogens with zero attached hydrogens (tertiary/aromatic N) is 3. The number of guanidine groups is 1. The normalized spacial score (nSPS) is 15.9. The van der Waals surface area contributed by atoms with Crippen LogP contribution in [-0.4, -0.2) is 69.7 Å². The molecule has 0 aliphatic carbocycles. The fourth-order valence-electron chi connectivity index (χ4n) is 3.82. The van der Waals surface area contributed by atoms with Crippen molar-refractivity contribution in [2.45, 2.75) is 31.8 Å². The van der Waals surface area contributed by atoms with E-state index in [9.17, 15) is 0 Å². The van der Waals surface area contributed by atoms with Crippen LogP contribution in [-0.2, 0) is 6.54 Å². The van der Waals surface area contributed by atoms with Crippen LogP contribution in [0, 0.1) is 0 Å². The van der Waals surface area contributed by atoms with Crippen LogP contribution >= 0.6 is 0 Å². The Morgan fingerprint density at radius 3 is 2.58 bits per heavy atom. The highest BCUT2D eigenvalue weighted by molar-refractivity contribution is 5.79. The maximum atomic E-state index is 5.81. The summed E-state index contributed by atoms with van der Waals surface area (Å²) in [5.74, 6) is 2.71. The third kappa shape index (κ3) is 7.60. The number of furan rings is 1. The van der Waals surface area contributed by atoms with Gasteiger partial charge in [0.25, 0.3) is 0 Å². The van der Waals surface area contributed by atoms with Crippen molar-refractivity contribution in [3.05, 3.63) is 54.0 Å². The first-order chi connectivity index (χ1) is 15.2. The van der Waals surface area contributed by atoms with Gasteiger partial charge in [-0.05, 0) is 76.3 Å². The van der Waals surface area contributed by atoms with Gasteiger partial charge in [0, 0.05) is 26.7 Å². The van der Waals surface area contributed by atoms with E-state index in [2.05, 4.69) is 57.7 Å². The first-order valence-corrected chi connectivity index (χ1v) is 11.2. The van der Waals surface area contributed by atoms with Gasteiger partial charge in [0.2, 0.25) is 0 Å². The highest BCUT2D eigenvalue weighted by Crippen LogP contribution is 2.24. The van der Waals surface area contributed by atoms with Crippen LogP contribution in [0.15, 0.2) is 52.1 Å². The molecule has 7 nitrogen and oxygen atoms in total. The van der Waals surface area contributed by atoms with Crippen LogP contribution in [0.4, 0.5) is 0 Å². The van der Waals surface area contributed by atoms with Crippen LogP contribution in [0.5, 0.6) is 5.75 Å². The third-order valence-corrected chi connectivity index (χ3v) is 5.54. The van der Waals surface area contributed by atoms with Crippen LogP contribution in [0.25, 0.3) is 0 Å². The second kappa shape index (κ2) is 12.4. The molecule has 1 unspecified atom stereocenters. The lowest BCUT2D eigenvalue weighted by Crippen LogP contribution is -2.42. The minimum Gasteiger partial charge on any atom is -0.494 e. The van der Waals surface area contributed by atoms with Crippen molar-refractivity contribution >= 4 is 5.96 Å². The van der Waals surface area contributed by atoms with E-state index in [0.717, 1.165) is 56.7 Å². The van der Waals surface area contributed by atoms with Gasteiger partial charge < -0.3 is 24.7 Å². The first-order valence-electron chi connectivity index (χ1n) is 11.2. The zero-order valence-electron chi connectivity index (χ0n) is 19.1. The molecular weight excluding hydrogens is 390 g/mol. The summed E-state index contributed by atoms with van der Waals surface area (Å²) in [6.07, 6.45) is 5.27. The number of hydrogen-bond acceptors (Lipinski definition) is 5. The van der Waals surface area contributed by atoms with Crippen LogP contribution in [0.2, 0.25) is 0 Å². The van der Waals surface area contributed by atoms with Gasteiger partial charge in [-0.15, -0.1) is 0 Å². The topological polar surface area (TPSA) is 65.3 Å². The molecule has 1 aliphatic heterocycles. The van der Waals surface area contributed by atoms with Gasteiger partial charge in [0.15, 0.2) is 5.96 Å². The van der Waals surface area contributed by atoms with Gasteiger partial charge in [-0.2, -0.15) is 0 Å². The maximum Gasteiger partial charge on any atom is 0.191 e. The molecule has 1 aliphatic rings. The largest absolute Gasteiger partial charge is 0.494 e. The van der Waals surface area contributed by atoms with E-state index >= 15 is 0 Å². The van der Waals surface area contributed by atoms with Crippen molar-refractivity contribution in [1.29, 1.82) is 0 Å². The van der Waals surface area contributed by atoms with E-state index in [-0.39, 0.29) is 6.04 Å². The molecule has 1 fully saturated rings. The lowest BCUT2D eigenvalue weighted by Gasteiger charge is -2.26. The Bertz CT molecular complexity index is 768. The molecule has 3 rings (SSSR count). The summed E-state index contributed by atoms with van der Waals surface area (Å²) >= 11 is 0. The molecule has 0 amide bonds. The minimum atomic E-state index is 0.222. The minimum absolute atomic E-state index is 0.222. The van der Waals surface area contributed by atoms with Crippen LogP contribution in [0.1, 0.15) is 36.6 Å². The Morgan fingerprint density at radius 1 is 1.16 bits per heavy atom. The van der Waals surface area contributed by atoms with E-state index in [1.54, 1.807) is 13.3 Å². The van der Waals surface area contributed by atoms with E-state index < -0.39 is 0 Å². The highest BCUT2D eigenvalue weighted by Gasteiger charge is 2.25. The predicted molar refractivity (Wildman–Crippen MR) is 126 cm³/mol. The fourth-order valence-corrected chi connectivity index (χ4v) is 3.82. The molecule has 0 bridgehead atoms. The summed E-state index contributed by atoms with van der Waals surface area (Å²) in [4.78, 5) is 9.03. The average Bonchev–Trinajstić information content (AvgIpc) is 3.49. The van der Waals surface area contributed by atoms with Gasteiger partial charge in [0.1, 0.15) is 11.5 Å². The second-order valence-corrected chi connectivity index (χ2v) is 8.23. The van der Waals surface area contributed by atoms with Gasteiger partial charge in [0.05, 0.1) is 18.9 Å². The monoisotopic (exact) mass is 427 g/mol. The predicted octanol–water partition coefficient (Wildman–Crippen LogP) is 3.11. The SMILES string of the molecule is CN=C(NCc1ccc(OCCCN(C)C)cc1)NCC(c1ccco1)N1CCCC1. The van der Waals surface area contributed by atoms with Crippen molar-refractivity contribution in [2.24, 2.45) is 4.99 Å². The third-order valence-electron chi connectivity index (χ3n) is 5.54. The van der Waals surface area contributed by atoms with E-state index in [1.165, 1.54) is 18.4 Å². The summed E-state index contributed by atoms with van der Waals surface area (Å²) < 4.78 is 11.5.